The Morgan fingerprint density at radius 1 is 1.11 bits per heavy atom. The fourth-order valence-electron chi connectivity index (χ4n) is 7.09. The highest BCUT2D eigenvalue weighted by molar-refractivity contribution is 6.24. The Hall–Kier alpha value is -4.72. The molecule has 1 amide bonds. The van der Waals surface area contributed by atoms with E-state index in [0.29, 0.717) is 29.0 Å². The van der Waals surface area contributed by atoms with Gasteiger partial charge in [0, 0.05) is 23.6 Å². The Morgan fingerprint density at radius 3 is 2.46 bits per heavy atom. The number of esters is 1. The van der Waals surface area contributed by atoms with Crippen molar-refractivity contribution in [3.05, 3.63) is 63.9 Å². The molecule has 0 heterocycles. The Balaban J connectivity index is 1.63. The van der Waals surface area contributed by atoms with Crippen LogP contribution in [0.15, 0.2) is 47.2 Å². The molecule has 0 spiro atoms. The van der Waals surface area contributed by atoms with Crippen LogP contribution in [-0.4, -0.2) is 94.8 Å². The van der Waals surface area contributed by atoms with Gasteiger partial charge in [0.05, 0.1) is 31.9 Å². The van der Waals surface area contributed by atoms with Crippen LogP contribution in [0.5, 0.6) is 11.5 Å². The lowest BCUT2D eigenvalue weighted by Crippen LogP contribution is -2.65. The number of amides is 1. The first kappa shape index (κ1) is 32.7. The molecule has 46 heavy (non-hydrogen) atoms. The molecule has 13 heteroatoms. The van der Waals surface area contributed by atoms with Gasteiger partial charge in [-0.25, -0.2) is 0 Å². The SMILES string of the molecule is CCOC(=O)CNCc1ccc(OC)c(-c2ccc(O)c3c2CC2CC4C(N(C)C)C(=O)C(C(N)=O)=C(O)C4(O)C(=O)C2=C3O)c1. The fraction of sp³-hybridized carbons (Fsp3) is 0.394. The van der Waals surface area contributed by atoms with E-state index in [-0.39, 0.29) is 48.8 Å². The molecule has 4 atom stereocenters. The number of likely N-dealkylation sites (N-methyl/N-ethyl adjacent to an activating group) is 1. The van der Waals surface area contributed by atoms with E-state index in [0.717, 1.165) is 5.56 Å². The summed E-state index contributed by atoms with van der Waals surface area (Å²) >= 11 is 0. The highest BCUT2D eigenvalue weighted by Crippen LogP contribution is 2.54. The van der Waals surface area contributed by atoms with Gasteiger partial charge < -0.3 is 41.0 Å². The number of fused-ring (bicyclic) bond motifs is 3. The van der Waals surface area contributed by atoms with Crippen LogP contribution in [0.1, 0.15) is 30.0 Å². The number of nitrogens with one attached hydrogen (secondary N) is 1. The van der Waals surface area contributed by atoms with Crippen molar-refractivity contribution in [1.82, 2.24) is 10.2 Å². The van der Waals surface area contributed by atoms with Gasteiger partial charge in [0.1, 0.15) is 28.6 Å². The van der Waals surface area contributed by atoms with Gasteiger partial charge in [-0.2, -0.15) is 0 Å². The minimum absolute atomic E-state index is 0.0105. The van der Waals surface area contributed by atoms with Crippen molar-refractivity contribution in [2.75, 3.05) is 34.4 Å². The third-order valence-corrected chi connectivity index (χ3v) is 9.06. The zero-order valence-electron chi connectivity index (χ0n) is 25.9. The van der Waals surface area contributed by atoms with E-state index >= 15 is 0 Å². The van der Waals surface area contributed by atoms with Crippen molar-refractivity contribution in [3.8, 4) is 22.6 Å². The maximum atomic E-state index is 14.1. The summed E-state index contributed by atoms with van der Waals surface area (Å²) in [6.07, 6.45) is 0.0859. The molecule has 4 unspecified atom stereocenters. The van der Waals surface area contributed by atoms with Crippen LogP contribution in [0, 0.1) is 11.8 Å². The number of Topliss-reactive ketones (excluding diaryl/α,β-unsaturated/α-hetero) is 2. The third kappa shape index (κ3) is 5.10. The molecule has 3 aliphatic rings. The van der Waals surface area contributed by atoms with Crippen LogP contribution in [0.4, 0.5) is 0 Å². The van der Waals surface area contributed by atoms with E-state index in [1.807, 2.05) is 12.1 Å². The topological polar surface area (TPSA) is 209 Å². The standard InChI is InChI=1S/C33H37N3O10/c1-5-46-23(38)14-35-13-15-6-9-22(45-4)18(10-15)17-7-8-21(37)25-19(17)11-16-12-20-27(36(2)3)29(40)26(32(34)43)31(42)33(20,44)30(41)24(16)28(25)39/h6-10,16,20,27,35,37,39,42,44H,5,11-14H2,1-4H3,(H2,34,43). The molecular weight excluding hydrogens is 598 g/mol. The van der Waals surface area contributed by atoms with Gasteiger partial charge in [0.2, 0.25) is 5.78 Å². The second-order valence-electron chi connectivity index (χ2n) is 11.9. The molecule has 0 aliphatic heterocycles. The maximum absolute atomic E-state index is 14.1. The number of ketones is 2. The van der Waals surface area contributed by atoms with Gasteiger partial charge >= 0.3 is 5.97 Å². The van der Waals surface area contributed by atoms with Gasteiger partial charge in [0.25, 0.3) is 5.91 Å². The summed E-state index contributed by atoms with van der Waals surface area (Å²) in [5.74, 6) is -7.05. The number of nitrogens with zero attached hydrogens (tertiary/aromatic N) is 1. The molecule has 0 aromatic heterocycles. The zero-order valence-corrected chi connectivity index (χ0v) is 25.9. The third-order valence-electron chi connectivity index (χ3n) is 9.06. The van der Waals surface area contributed by atoms with E-state index in [9.17, 15) is 39.6 Å². The Bertz CT molecular complexity index is 1710. The van der Waals surface area contributed by atoms with Crippen LogP contribution in [0.2, 0.25) is 0 Å². The number of nitrogens with two attached hydrogens (primary N) is 1. The summed E-state index contributed by atoms with van der Waals surface area (Å²) in [5.41, 5.74) is 4.07. The molecule has 5 rings (SSSR count). The van der Waals surface area contributed by atoms with Crippen molar-refractivity contribution >= 4 is 29.2 Å². The van der Waals surface area contributed by atoms with E-state index in [4.69, 9.17) is 15.2 Å². The van der Waals surface area contributed by atoms with Gasteiger partial charge in [-0.1, -0.05) is 12.1 Å². The van der Waals surface area contributed by atoms with Crippen LogP contribution >= 0.6 is 0 Å². The Labute approximate surface area is 264 Å². The highest BCUT2D eigenvalue weighted by Gasteiger charge is 2.64. The number of carbonyl (C=O) groups is 4. The Kier molecular flexibility index (Phi) is 8.69. The van der Waals surface area contributed by atoms with E-state index < -0.39 is 58.0 Å². The second-order valence-corrected chi connectivity index (χ2v) is 11.9. The zero-order chi connectivity index (χ0) is 33.7. The molecule has 1 saturated carbocycles. The monoisotopic (exact) mass is 635 g/mol. The van der Waals surface area contributed by atoms with E-state index in [2.05, 4.69) is 5.32 Å². The number of ether oxygens (including phenoxy) is 2. The number of aliphatic hydroxyl groups is 3. The number of phenols is 1. The van der Waals surface area contributed by atoms with Crippen LogP contribution in [0.3, 0.4) is 0 Å². The molecule has 0 radical (unpaired) electrons. The predicted molar refractivity (Wildman–Crippen MR) is 165 cm³/mol. The maximum Gasteiger partial charge on any atom is 0.319 e. The quantitative estimate of drug-likeness (QED) is 0.170. The summed E-state index contributed by atoms with van der Waals surface area (Å²) in [6, 6.07) is 7.28. The lowest BCUT2D eigenvalue weighted by atomic mass is 9.57. The van der Waals surface area contributed by atoms with Crippen LogP contribution in [0.25, 0.3) is 16.9 Å². The molecule has 13 nitrogen and oxygen atoms in total. The van der Waals surface area contributed by atoms with Crippen molar-refractivity contribution in [1.29, 1.82) is 0 Å². The largest absolute Gasteiger partial charge is 0.508 e. The fourth-order valence-corrected chi connectivity index (χ4v) is 7.09. The average Bonchev–Trinajstić information content (AvgIpc) is 2.99. The van der Waals surface area contributed by atoms with Gasteiger partial charge in [-0.05, 0) is 74.7 Å². The number of benzene rings is 2. The van der Waals surface area contributed by atoms with Crippen molar-refractivity contribution < 1.29 is 49.1 Å². The van der Waals surface area contributed by atoms with Gasteiger partial charge in [-0.15, -0.1) is 0 Å². The van der Waals surface area contributed by atoms with Crippen molar-refractivity contribution in [2.24, 2.45) is 17.6 Å². The number of rotatable bonds is 9. The second kappa shape index (κ2) is 12.2. The number of phenolic OH excluding ortho intramolecular Hbond substituents is 1. The number of hydrogen-bond acceptors (Lipinski definition) is 12. The number of hydrogen-bond donors (Lipinski definition) is 6. The minimum atomic E-state index is -2.72. The first-order valence-electron chi connectivity index (χ1n) is 14.8. The molecule has 0 saturated heterocycles. The number of aromatic hydroxyl groups is 1. The first-order valence-corrected chi connectivity index (χ1v) is 14.8. The molecule has 1 fully saturated rings. The molecule has 3 aliphatic carbocycles. The number of methoxy groups -OCH3 is 1. The molecular formula is C33H37N3O10. The molecule has 2 aromatic carbocycles. The summed E-state index contributed by atoms with van der Waals surface area (Å²) < 4.78 is 10.6. The summed E-state index contributed by atoms with van der Waals surface area (Å²) in [5, 5.41) is 48.4. The van der Waals surface area contributed by atoms with Crippen LogP contribution < -0.4 is 15.8 Å². The van der Waals surface area contributed by atoms with Crippen molar-refractivity contribution in [3.63, 3.8) is 0 Å². The highest BCUT2D eigenvalue weighted by atomic mass is 16.5. The lowest BCUT2D eigenvalue weighted by molar-refractivity contribution is -0.153. The summed E-state index contributed by atoms with van der Waals surface area (Å²) in [4.78, 5) is 52.9. The normalized spacial score (nSPS) is 24.0. The van der Waals surface area contributed by atoms with Gasteiger partial charge in [0.15, 0.2) is 11.4 Å². The first-order chi connectivity index (χ1) is 21.8. The minimum Gasteiger partial charge on any atom is -0.508 e. The molecule has 244 valence electrons. The predicted octanol–water partition coefficient (Wildman–Crippen LogP) is 1.29. The van der Waals surface area contributed by atoms with Crippen LogP contribution in [-0.2, 0) is 36.9 Å². The number of carbonyl (C=O) groups excluding carboxylic acids is 4. The Morgan fingerprint density at radius 2 is 1.83 bits per heavy atom. The van der Waals surface area contributed by atoms with E-state index in [1.165, 1.54) is 18.1 Å². The summed E-state index contributed by atoms with van der Waals surface area (Å²) in [7, 11) is 4.59. The lowest BCUT2D eigenvalue weighted by Gasteiger charge is -2.50. The smallest absolute Gasteiger partial charge is 0.319 e. The van der Waals surface area contributed by atoms with Gasteiger partial charge in [-0.3, -0.25) is 24.1 Å². The molecule has 7 N–H and O–H groups in total. The van der Waals surface area contributed by atoms with E-state index in [1.54, 1.807) is 33.2 Å². The summed E-state index contributed by atoms with van der Waals surface area (Å²) in [6.45, 7) is 2.33. The number of primary amides is 1. The molecule has 2 aromatic rings. The van der Waals surface area contributed by atoms with Crippen molar-refractivity contribution in [2.45, 2.75) is 38.0 Å². The molecule has 0 bridgehead atoms. The number of aliphatic hydroxyl groups excluding tert-OH is 2. The average molecular weight is 636 g/mol.